The largest absolute Gasteiger partial charge is 0.394 e. The molecule has 0 bridgehead atoms. The molecule has 0 radical (unpaired) electrons. The Morgan fingerprint density at radius 3 is 2.95 bits per heavy atom. The van der Waals surface area contributed by atoms with E-state index in [2.05, 4.69) is 14.2 Å². The van der Waals surface area contributed by atoms with Crippen LogP contribution in [0.25, 0.3) is 0 Å². The van der Waals surface area contributed by atoms with Crippen molar-refractivity contribution in [2.45, 2.75) is 31.0 Å². The van der Waals surface area contributed by atoms with Crippen molar-refractivity contribution in [1.29, 1.82) is 0 Å². The number of nitrogen functional groups attached to an aromatic ring is 1. The van der Waals surface area contributed by atoms with E-state index in [1.54, 1.807) is 20.2 Å². The van der Waals surface area contributed by atoms with Gasteiger partial charge >= 0.3 is 5.69 Å². The fourth-order valence-electron chi connectivity index (χ4n) is 2.17. The minimum atomic E-state index is -0.621. The molecule has 1 fully saturated rings. The topological polar surface area (TPSA) is 99.6 Å². The molecule has 1 aromatic rings. The molecule has 1 aliphatic heterocycles. The lowest BCUT2D eigenvalue weighted by Gasteiger charge is -2.21. The third-order valence-electron chi connectivity index (χ3n) is 3.30. The van der Waals surface area contributed by atoms with Crippen molar-refractivity contribution in [3.63, 3.8) is 0 Å². The number of nitrogens with zero attached hydrogens (tertiary/aromatic N) is 2. The van der Waals surface area contributed by atoms with Crippen molar-refractivity contribution in [3.05, 3.63) is 22.2 Å². The van der Waals surface area contributed by atoms with E-state index in [0.29, 0.717) is 5.56 Å². The van der Waals surface area contributed by atoms with Gasteiger partial charge in [0.05, 0.1) is 12.7 Å². The Labute approximate surface area is 112 Å². The van der Waals surface area contributed by atoms with Crippen LogP contribution in [0.15, 0.2) is 11.0 Å². The molecular weight excluding hydrogens is 269 g/mol. The first kappa shape index (κ1) is 14.4. The molecule has 0 amide bonds. The molecule has 106 valence electrons. The Bertz CT molecular complexity index is 521. The number of hydrogen-bond acceptors (Lipinski definition) is 6. The predicted octanol–water partition coefficient (Wildman–Crippen LogP) is -0.718. The van der Waals surface area contributed by atoms with Gasteiger partial charge < -0.3 is 20.3 Å². The van der Waals surface area contributed by atoms with E-state index in [4.69, 9.17) is 15.2 Å². The van der Waals surface area contributed by atoms with Crippen molar-refractivity contribution in [1.82, 2.24) is 9.55 Å². The van der Waals surface area contributed by atoms with Gasteiger partial charge in [-0.15, -0.1) is 9.24 Å². The second-order valence-electron chi connectivity index (χ2n) is 4.52. The normalized spacial score (nSPS) is 30.7. The molecule has 2 heterocycles. The lowest BCUT2D eigenvalue weighted by Crippen LogP contribution is -2.35. The molecule has 1 saturated heterocycles. The lowest BCUT2D eigenvalue weighted by atomic mass is 10.2. The predicted molar refractivity (Wildman–Crippen MR) is 72.9 cm³/mol. The molecule has 7 nitrogen and oxygen atoms in total. The average molecular weight is 287 g/mol. The smallest absolute Gasteiger partial charge is 0.351 e. The first-order valence-electron chi connectivity index (χ1n) is 5.89. The molecule has 8 heteroatoms. The van der Waals surface area contributed by atoms with Gasteiger partial charge in [-0.3, -0.25) is 4.57 Å². The number of aliphatic hydroxyl groups excluding tert-OH is 1. The van der Waals surface area contributed by atoms with E-state index in [9.17, 15) is 9.90 Å². The number of aryl methyl sites for hydroxylation is 1. The van der Waals surface area contributed by atoms with Crippen LogP contribution in [0.4, 0.5) is 5.82 Å². The van der Waals surface area contributed by atoms with E-state index in [-0.39, 0.29) is 24.2 Å². The van der Waals surface area contributed by atoms with Crippen molar-refractivity contribution < 1.29 is 14.6 Å². The van der Waals surface area contributed by atoms with Crippen LogP contribution < -0.4 is 11.4 Å². The molecule has 0 aliphatic carbocycles. The molecule has 2 rings (SSSR count). The van der Waals surface area contributed by atoms with Gasteiger partial charge in [-0.25, -0.2) is 4.79 Å². The Kier molecular flexibility index (Phi) is 4.20. The average Bonchev–Trinajstić information content (AvgIpc) is 2.70. The van der Waals surface area contributed by atoms with Crippen LogP contribution in [-0.4, -0.2) is 46.2 Å². The zero-order valence-electron chi connectivity index (χ0n) is 10.8. The Morgan fingerprint density at radius 1 is 1.68 bits per heavy atom. The second kappa shape index (κ2) is 5.54. The van der Waals surface area contributed by atoms with Crippen LogP contribution >= 0.6 is 9.24 Å². The van der Waals surface area contributed by atoms with Gasteiger partial charge in [-0.2, -0.15) is 4.98 Å². The molecule has 5 unspecified atom stereocenters. The van der Waals surface area contributed by atoms with Gasteiger partial charge in [0.2, 0.25) is 0 Å². The van der Waals surface area contributed by atoms with Gasteiger partial charge in [-0.1, -0.05) is 0 Å². The minimum Gasteiger partial charge on any atom is -0.394 e. The molecule has 5 atom stereocenters. The molecule has 0 saturated carbocycles. The maximum atomic E-state index is 11.9. The van der Waals surface area contributed by atoms with Gasteiger partial charge in [0.25, 0.3) is 0 Å². The number of rotatable bonds is 3. The highest BCUT2D eigenvalue weighted by molar-refractivity contribution is 7.17. The minimum absolute atomic E-state index is 0.107. The Morgan fingerprint density at radius 2 is 2.37 bits per heavy atom. The number of aliphatic hydroxyl groups is 1. The Hall–Kier alpha value is -1.01. The molecule has 1 aromatic heterocycles. The highest BCUT2D eigenvalue weighted by Gasteiger charge is 2.43. The zero-order valence-corrected chi connectivity index (χ0v) is 12.0. The van der Waals surface area contributed by atoms with Crippen molar-refractivity contribution in [2.75, 3.05) is 19.5 Å². The van der Waals surface area contributed by atoms with E-state index in [0.717, 1.165) is 0 Å². The van der Waals surface area contributed by atoms with Crippen LogP contribution in [0.1, 0.15) is 11.8 Å². The number of nitrogens with two attached hydrogens (primary N) is 1. The van der Waals surface area contributed by atoms with E-state index in [1.807, 2.05) is 0 Å². The summed E-state index contributed by atoms with van der Waals surface area (Å²) in [6, 6.07) is 0. The highest BCUT2D eigenvalue weighted by atomic mass is 31.0. The highest BCUT2D eigenvalue weighted by Crippen LogP contribution is 2.35. The SMILES string of the molecule is COC1C(P)C(CO)OC1n1cc(C)c(N)nc1=O. The van der Waals surface area contributed by atoms with Crippen LogP contribution in [0.5, 0.6) is 0 Å². The summed E-state index contributed by atoms with van der Waals surface area (Å²) < 4.78 is 12.4. The summed E-state index contributed by atoms with van der Waals surface area (Å²) in [5.41, 5.74) is 5.68. The van der Waals surface area contributed by atoms with E-state index >= 15 is 0 Å². The fourth-order valence-corrected chi connectivity index (χ4v) is 2.73. The number of hydrogen-bond donors (Lipinski definition) is 2. The van der Waals surface area contributed by atoms with Crippen LogP contribution in [0.2, 0.25) is 0 Å². The van der Waals surface area contributed by atoms with Crippen molar-refractivity contribution >= 4 is 15.1 Å². The summed E-state index contributed by atoms with van der Waals surface area (Å²) in [7, 11) is 4.12. The van der Waals surface area contributed by atoms with Gasteiger partial charge in [0.1, 0.15) is 11.9 Å². The number of aromatic nitrogens is 2. The fraction of sp³-hybridized carbons (Fsp3) is 0.636. The molecular formula is C11H18N3O4P. The summed E-state index contributed by atoms with van der Waals surface area (Å²) in [6.07, 6.45) is 0.219. The van der Waals surface area contributed by atoms with Gasteiger partial charge in [0, 0.05) is 24.5 Å². The maximum absolute atomic E-state index is 11.9. The van der Waals surface area contributed by atoms with Crippen LogP contribution in [-0.2, 0) is 9.47 Å². The summed E-state index contributed by atoms with van der Waals surface area (Å²) in [4.78, 5) is 15.7. The molecule has 19 heavy (non-hydrogen) atoms. The van der Waals surface area contributed by atoms with Crippen LogP contribution in [0, 0.1) is 6.92 Å². The quantitative estimate of drug-likeness (QED) is 0.712. The number of anilines is 1. The first-order chi connectivity index (χ1) is 8.99. The Balaban J connectivity index is 2.41. The standard InChI is InChI=1S/C11H18N3O4P/c1-5-3-14(11(16)13-9(5)12)10-7(17-2)8(19)6(4-15)18-10/h3,6-8,10,15H,4,19H2,1-2H3,(H2,12,13,16). The first-order valence-corrected chi connectivity index (χ1v) is 6.56. The summed E-state index contributed by atoms with van der Waals surface area (Å²) in [6.45, 7) is 1.62. The summed E-state index contributed by atoms with van der Waals surface area (Å²) in [5.74, 6) is 0.203. The van der Waals surface area contributed by atoms with Crippen LogP contribution in [0.3, 0.4) is 0 Å². The summed E-state index contributed by atoms with van der Waals surface area (Å²) in [5, 5.41) is 9.27. The molecule has 0 aromatic carbocycles. The number of methoxy groups -OCH3 is 1. The molecule has 1 aliphatic rings. The second-order valence-corrected chi connectivity index (χ2v) is 5.29. The monoisotopic (exact) mass is 287 g/mol. The molecule has 0 spiro atoms. The maximum Gasteiger partial charge on any atom is 0.351 e. The third kappa shape index (κ3) is 2.51. The van der Waals surface area contributed by atoms with Crippen molar-refractivity contribution in [2.24, 2.45) is 0 Å². The van der Waals surface area contributed by atoms with E-state index < -0.39 is 18.0 Å². The van der Waals surface area contributed by atoms with Crippen molar-refractivity contribution in [3.8, 4) is 0 Å². The lowest BCUT2D eigenvalue weighted by molar-refractivity contribution is -0.0625. The van der Waals surface area contributed by atoms with E-state index in [1.165, 1.54) is 4.57 Å². The number of ether oxygens (including phenoxy) is 2. The zero-order chi connectivity index (χ0) is 14.2. The third-order valence-corrected chi connectivity index (χ3v) is 4.11. The van der Waals surface area contributed by atoms with Gasteiger partial charge in [-0.05, 0) is 6.92 Å². The van der Waals surface area contributed by atoms with Gasteiger partial charge in [0.15, 0.2) is 6.23 Å². The molecule has 3 N–H and O–H groups in total. The summed E-state index contributed by atoms with van der Waals surface area (Å²) >= 11 is 0.